The molecule has 4 aromatic rings. The van der Waals surface area contributed by atoms with Crippen molar-refractivity contribution in [3.8, 4) is 22.9 Å². The zero-order valence-corrected chi connectivity index (χ0v) is 20.7. The second-order valence-corrected chi connectivity index (χ2v) is 8.64. The second-order valence-electron chi connectivity index (χ2n) is 8.20. The number of anilines is 2. The Bertz CT molecular complexity index is 1450. The van der Waals surface area contributed by atoms with E-state index < -0.39 is 6.04 Å². The van der Waals surface area contributed by atoms with Crippen molar-refractivity contribution in [2.45, 2.75) is 13.0 Å². The Morgan fingerprint density at radius 1 is 1.00 bits per heavy atom. The first-order chi connectivity index (χ1) is 17.5. The predicted molar refractivity (Wildman–Crippen MR) is 140 cm³/mol. The summed E-state index contributed by atoms with van der Waals surface area (Å²) >= 11 is 6.17. The quantitative estimate of drug-likeness (QED) is 0.360. The minimum absolute atomic E-state index is 0.281. The molecule has 1 aliphatic rings. The van der Waals surface area contributed by atoms with Crippen LogP contribution in [0.1, 0.15) is 18.5 Å². The van der Waals surface area contributed by atoms with Gasteiger partial charge in [0.2, 0.25) is 5.95 Å². The van der Waals surface area contributed by atoms with E-state index in [-0.39, 0.29) is 5.91 Å². The van der Waals surface area contributed by atoms with Crippen molar-refractivity contribution < 1.29 is 14.3 Å². The Labute approximate surface area is 213 Å². The lowest BCUT2D eigenvalue weighted by molar-refractivity contribution is -0.113. The molecule has 1 aliphatic heterocycles. The number of nitrogens with zero attached hydrogens (tertiary/aromatic N) is 3. The van der Waals surface area contributed by atoms with Crippen LogP contribution in [0.5, 0.6) is 11.5 Å². The molecule has 0 radical (unpaired) electrons. The van der Waals surface area contributed by atoms with Gasteiger partial charge in [-0.05, 0) is 61.0 Å². The van der Waals surface area contributed by atoms with E-state index in [0.29, 0.717) is 39.5 Å². The van der Waals surface area contributed by atoms with Crippen molar-refractivity contribution in [1.82, 2.24) is 14.8 Å². The molecule has 1 amide bonds. The summed E-state index contributed by atoms with van der Waals surface area (Å²) in [4.78, 5) is 18.4. The summed E-state index contributed by atoms with van der Waals surface area (Å²) in [6, 6.07) is 21.6. The number of hydrogen-bond donors (Lipinski definition) is 2. The van der Waals surface area contributed by atoms with E-state index in [9.17, 15) is 4.79 Å². The molecule has 182 valence electrons. The van der Waals surface area contributed by atoms with Gasteiger partial charge in [-0.1, -0.05) is 35.9 Å². The van der Waals surface area contributed by atoms with Crippen LogP contribution in [0, 0.1) is 0 Å². The molecule has 2 N–H and O–H groups in total. The molecular weight excluding hydrogens is 478 g/mol. The third-order valence-electron chi connectivity index (χ3n) is 5.99. The van der Waals surface area contributed by atoms with Gasteiger partial charge in [0.1, 0.15) is 17.5 Å². The van der Waals surface area contributed by atoms with E-state index in [4.69, 9.17) is 31.2 Å². The summed E-state index contributed by atoms with van der Waals surface area (Å²) in [5, 5.41) is 11.6. The normalized spacial score (nSPS) is 14.6. The SMILES string of the molecule is COc1ccc(-c2nc3n(n2)C(c2ccc(Cl)cc2)C(C(=O)Nc2ccccc2OC)=C(C)N3)cc1. The maximum Gasteiger partial charge on any atom is 0.255 e. The number of nitrogens with one attached hydrogen (secondary N) is 2. The van der Waals surface area contributed by atoms with Crippen molar-refractivity contribution in [3.05, 3.63) is 94.7 Å². The molecule has 0 bridgehead atoms. The van der Waals surface area contributed by atoms with E-state index in [1.807, 2.05) is 55.5 Å². The Morgan fingerprint density at radius 3 is 2.42 bits per heavy atom. The van der Waals surface area contributed by atoms with Crippen LogP contribution in [-0.4, -0.2) is 34.9 Å². The van der Waals surface area contributed by atoms with E-state index in [2.05, 4.69) is 10.6 Å². The van der Waals surface area contributed by atoms with E-state index in [1.165, 1.54) is 0 Å². The third-order valence-corrected chi connectivity index (χ3v) is 6.24. The Balaban J connectivity index is 1.58. The van der Waals surface area contributed by atoms with Gasteiger partial charge in [0.05, 0.1) is 25.5 Å². The highest BCUT2D eigenvalue weighted by atomic mass is 35.5. The highest BCUT2D eigenvalue weighted by Gasteiger charge is 2.34. The lowest BCUT2D eigenvalue weighted by Gasteiger charge is -2.28. The van der Waals surface area contributed by atoms with E-state index in [0.717, 1.165) is 16.9 Å². The van der Waals surface area contributed by atoms with E-state index >= 15 is 0 Å². The monoisotopic (exact) mass is 501 g/mol. The molecule has 1 aromatic heterocycles. The number of aromatic nitrogens is 3. The third kappa shape index (κ3) is 4.38. The molecule has 3 aromatic carbocycles. The first kappa shape index (κ1) is 23.4. The van der Waals surface area contributed by atoms with Crippen molar-refractivity contribution in [2.75, 3.05) is 24.9 Å². The fourth-order valence-corrected chi connectivity index (χ4v) is 4.32. The van der Waals surface area contributed by atoms with Crippen LogP contribution in [0.2, 0.25) is 5.02 Å². The number of ether oxygens (including phenoxy) is 2. The molecule has 0 fully saturated rings. The maximum absolute atomic E-state index is 13.7. The van der Waals surface area contributed by atoms with Crippen LogP contribution in [0.3, 0.4) is 0 Å². The van der Waals surface area contributed by atoms with Gasteiger partial charge in [0.25, 0.3) is 5.91 Å². The van der Waals surface area contributed by atoms with Gasteiger partial charge in [-0.2, -0.15) is 4.98 Å². The Hall–Kier alpha value is -4.30. The van der Waals surface area contributed by atoms with Crippen LogP contribution in [0.25, 0.3) is 11.4 Å². The molecule has 2 heterocycles. The smallest absolute Gasteiger partial charge is 0.255 e. The first-order valence-corrected chi connectivity index (χ1v) is 11.6. The zero-order valence-electron chi connectivity index (χ0n) is 19.9. The van der Waals surface area contributed by atoms with Crippen molar-refractivity contribution >= 4 is 29.1 Å². The maximum atomic E-state index is 13.7. The van der Waals surface area contributed by atoms with Crippen LogP contribution < -0.4 is 20.1 Å². The Morgan fingerprint density at radius 2 is 1.72 bits per heavy atom. The molecule has 36 heavy (non-hydrogen) atoms. The van der Waals surface area contributed by atoms with Gasteiger partial charge in [-0.15, -0.1) is 5.10 Å². The Kier molecular flexibility index (Phi) is 6.35. The lowest BCUT2D eigenvalue weighted by Crippen LogP contribution is -2.31. The van der Waals surface area contributed by atoms with Gasteiger partial charge < -0.3 is 20.1 Å². The number of methoxy groups -OCH3 is 2. The predicted octanol–water partition coefficient (Wildman–Crippen LogP) is 5.54. The number of fused-ring (bicyclic) bond motifs is 1. The minimum atomic E-state index is -0.535. The van der Waals surface area contributed by atoms with Gasteiger partial charge in [-0.25, -0.2) is 4.68 Å². The fourth-order valence-electron chi connectivity index (χ4n) is 4.20. The summed E-state index contributed by atoms with van der Waals surface area (Å²) in [5.41, 5.74) is 3.42. The molecule has 0 saturated carbocycles. The summed E-state index contributed by atoms with van der Waals surface area (Å²) in [6.45, 7) is 1.85. The molecule has 5 rings (SSSR count). The lowest BCUT2D eigenvalue weighted by atomic mass is 9.95. The summed E-state index contributed by atoms with van der Waals surface area (Å²) in [7, 11) is 3.19. The number of hydrogen-bond acceptors (Lipinski definition) is 6. The van der Waals surface area contributed by atoms with Crippen LogP contribution in [-0.2, 0) is 4.79 Å². The van der Waals surface area contributed by atoms with Crippen molar-refractivity contribution in [2.24, 2.45) is 0 Å². The molecule has 0 saturated heterocycles. The molecule has 1 unspecified atom stereocenters. The van der Waals surface area contributed by atoms with Crippen LogP contribution in [0.15, 0.2) is 84.1 Å². The van der Waals surface area contributed by atoms with Crippen molar-refractivity contribution in [1.29, 1.82) is 0 Å². The summed E-state index contributed by atoms with van der Waals surface area (Å²) < 4.78 is 12.4. The standard InChI is InChI=1S/C27H24ClN5O3/c1-16-23(26(34)30-21-6-4-5-7-22(21)36-3)24(17-8-12-19(28)13-9-17)33-27(29-16)31-25(32-33)18-10-14-20(35-2)15-11-18/h4-15,24H,1-3H3,(H,30,34)(H,29,31,32). The molecule has 9 heteroatoms. The van der Waals surface area contributed by atoms with Gasteiger partial charge in [0, 0.05) is 16.3 Å². The number of carbonyl (C=O) groups excluding carboxylic acids is 1. The number of benzene rings is 3. The zero-order chi connectivity index (χ0) is 25.2. The number of rotatable bonds is 6. The highest BCUT2D eigenvalue weighted by Crippen LogP contribution is 2.38. The number of para-hydroxylation sites is 2. The fraction of sp³-hybridized carbons (Fsp3) is 0.148. The molecule has 0 aliphatic carbocycles. The van der Waals surface area contributed by atoms with E-state index in [1.54, 1.807) is 43.2 Å². The van der Waals surface area contributed by atoms with Crippen molar-refractivity contribution in [3.63, 3.8) is 0 Å². The first-order valence-electron chi connectivity index (χ1n) is 11.3. The average molecular weight is 502 g/mol. The van der Waals surface area contributed by atoms with Gasteiger partial charge in [0.15, 0.2) is 5.82 Å². The van der Waals surface area contributed by atoms with Crippen LogP contribution in [0.4, 0.5) is 11.6 Å². The highest BCUT2D eigenvalue weighted by molar-refractivity contribution is 6.30. The number of carbonyl (C=O) groups is 1. The number of allylic oxidation sites excluding steroid dienone is 1. The topological polar surface area (TPSA) is 90.3 Å². The summed E-state index contributed by atoms with van der Waals surface area (Å²) in [6.07, 6.45) is 0. The summed E-state index contributed by atoms with van der Waals surface area (Å²) in [5.74, 6) is 2.09. The largest absolute Gasteiger partial charge is 0.497 e. The molecule has 1 atom stereocenters. The second kappa shape index (κ2) is 9.75. The molecule has 8 nitrogen and oxygen atoms in total. The molecule has 0 spiro atoms. The number of amides is 1. The average Bonchev–Trinajstić information content (AvgIpc) is 3.32. The van der Waals surface area contributed by atoms with Gasteiger partial charge >= 0.3 is 0 Å². The minimum Gasteiger partial charge on any atom is -0.497 e. The molecular formula is C27H24ClN5O3. The number of halogens is 1. The van der Waals surface area contributed by atoms with Gasteiger partial charge in [-0.3, -0.25) is 4.79 Å². The van der Waals surface area contributed by atoms with Crippen LogP contribution >= 0.6 is 11.6 Å².